The van der Waals surface area contributed by atoms with E-state index in [1.807, 2.05) is 0 Å². The van der Waals surface area contributed by atoms with Crippen molar-refractivity contribution in [1.82, 2.24) is 0 Å². The lowest BCUT2D eigenvalue weighted by atomic mass is 9.95. The summed E-state index contributed by atoms with van der Waals surface area (Å²) in [6.45, 7) is 3.15. The predicted octanol–water partition coefficient (Wildman–Crippen LogP) is 0.691. The topological polar surface area (TPSA) is 121 Å². The van der Waals surface area contributed by atoms with Crippen molar-refractivity contribution in [2.75, 3.05) is 0 Å². The zero-order chi connectivity index (χ0) is 14.0. The molecule has 1 aromatic carbocycles. The highest BCUT2D eigenvalue weighted by atomic mass is 16.6. The number of nitro groups is 1. The van der Waals surface area contributed by atoms with Gasteiger partial charge in [0, 0.05) is 6.07 Å². The monoisotopic (exact) mass is 255 g/mol. The van der Waals surface area contributed by atoms with Gasteiger partial charge in [-0.1, -0.05) is 6.07 Å². The minimum atomic E-state index is -2.11. The van der Waals surface area contributed by atoms with E-state index in [-0.39, 0.29) is 5.56 Å². The summed E-state index contributed by atoms with van der Waals surface area (Å²) in [6.07, 6.45) is -3.95. The number of aryl methyl sites for hydroxylation is 2. The van der Waals surface area contributed by atoms with Crippen LogP contribution in [0.15, 0.2) is 12.1 Å². The standard InChI is InChI=1S/C11H13NO6/c1-5-3-6(2)8(7(4-5)12(17)18)9(13)10(14)11(15)16/h3-4,9-10,13-14H,1-2H3,(H,15,16). The maximum absolute atomic E-state index is 10.9. The number of hydrogen-bond acceptors (Lipinski definition) is 5. The average molecular weight is 255 g/mol. The predicted molar refractivity (Wildman–Crippen MR) is 61.2 cm³/mol. The zero-order valence-electron chi connectivity index (χ0n) is 9.82. The molecule has 7 heteroatoms. The van der Waals surface area contributed by atoms with Crippen molar-refractivity contribution in [2.45, 2.75) is 26.1 Å². The number of nitrogens with zero attached hydrogens (tertiary/aromatic N) is 1. The van der Waals surface area contributed by atoms with Crippen molar-refractivity contribution in [1.29, 1.82) is 0 Å². The second-order valence-corrected chi connectivity index (χ2v) is 4.00. The van der Waals surface area contributed by atoms with Crippen LogP contribution in [0.2, 0.25) is 0 Å². The Balaban J connectivity index is 3.39. The van der Waals surface area contributed by atoms with Crippen molar-refractivity contribution >= 4 is 11.7 Å². The number of aliphatic hydroxyl groups excluding tert-OH is 2. The van der Waals surface area contributed by atoms with Crippen LogP contribution in [0, 0.1) is 24.0 Å². The van der Waals surface area contributed by atoms with Crippen LogP contribution in [0.5, 0.6) is 0 Å². The lowest BCUT2D eigenvalue weighted by Gasteiger charge is -2.17. The van der Waals surface area contributed by atoms with Gasteiger partial charge in [-0.2, -0.15) is 0 Å². The molecule has 2 atom stereocenters. The Hall–Kier alpha value is -1.99. The molecule has 1 rings (SSSR count). The lowest BCUT2D eigenvalue weighted by molar-refractivity contribution is -0.386. The fraction of sp³-hybridized carbons (Fsp3) is 0.364. The number of aliphatic hydroxyl groups is 2. The van der Waals surface area contributed by atoms with Crippen LogP contribution in [0.4, 0.5) is 5.69 Å². The number of carboxylic acids is 1. The molecule has 0 saturated carbocycles. The molecule has 98 valence electrons. The number of hydrogen-bond donors (Lipinski definition) is 3. The van der Waals surface area contributed by atoms with E-state index in [1.54, 1.807) is 13.0 Å². The molecular formula is C11H13NO6. The summed E-state index contributed by atoms with van der Waals surface area (Å²) in [5.41, 5.74) is 0.385. The first-order chi connectivity index (χ1) is 8.25. The number of carboxylic acid groups (broad SMARTS) is 1. The SMILES string of the molecule is Cc1cc(C)c(C(O)C(O)C(=O)O)c([N+](=O)[O-])c1. The number of nitro benzene ring substituents is 1. The van der Waals surface area contributed by atoms with Crippen molar-refractivity contribution in [3.8, 4) is 0 Å². The van der Waals surface area contributed by atoms with Gasteiger partial charge in [-0.25, -0.2) is 4.79 Å². The lowest BCUT2D eigenvalue weighted by Crippen LogP contribution is -2.28. The van der Waals surface area contributed by atoms with Gasteiger partial charge >= 0.3 is 5.97 Å². The smallest absolute Gasteiger partial charge is 0.335 e. The first kappa shape index (κ1) is 14.1. The molecule has 0 saturated heterocycles. The molecule has 0 amide bonds. The van der Waals surface area contributed by atoms with Crippen LogP contribution in [0.1, 0.15) is 22.8 Å². The molecule has 0 fully saturated rings. The first-order valence-corrected chi connectivity index (χ1v) is 5.10. The van der Waals surface area contributed by atoms with Gasteiger partial charge in [-0.15, -0.1) is 0 Å². The van der Waals surface area contributed by atoms with Gasteiger partial charge in [-0.3, -0.25) is 10.1 Å². The summed E-state index contributed by atoms with van der Waals surface area (Å²) in [4.78, 5) is 20.8. The molecule has 7 nitrogen and oxygen atoms in total. The quantitative estimate of drug-likeness (QED) is 0.537. The second kappa shape index (κ2) is 5.11. The molecule has 1 aromatic rings. The Morgan fingerprint density at radius 2 is 1.89 bits per heavy atom. The summed E-state index contributed by atoms with van der Waals surface area (Å²) in [7, 11) is 0. The van der Waals surface area contributed by atoms with Crippen LogP contribution in [0.25, 0.3) is 0 Å². The van der Waals surface area contributed by atoms with Crippen LogP contribution in [0.3, 0.4) is 0 Å². The van der Waals surface area contributed by atoms with Crippen molar-refractivity contribution in [3.63, 3.8) is 0 Å². The van der Waals surface area contributed by atoms with Gasteiger partial charge in [0.25, 0.3) is 5.69 Å². The normalized spacial score (nSPS) is 14.0. The zero-order valence-corrected chi connectivity index (χ0v) is 9.82. The Labute approximate surface area is 102 Å². The molecule has 18 heavy (non-hydrogen) atoms. The third-order valence-corrected chi connectivity index (χ3v) is 2.55. The molecule has 2 unspecified atom stereocenters. The van der Waals surface area contributed by atoms with E-state index in [2.05, 4.69) is 0 Å². The fourth-order valence-electron chi connectivity index (χ4n) is 1.79. The number of benzene rings is 1. The van der Waals surface area contributed by atoms with Crippen LogP contribution < -0.4 is 0 Å². The molecular weight excluding hydrogens is 242 g/mol. The fourth-order valence-corrected chi connectivity index (χ4v) is 1.79. The van der Waals surface area contributed by atoms with E-state index in [9.17, 15) is 25.1 Å². The minimum absolute atomic E-state index is 0.180. The maximum atomic E-state index is 10.9. The summed E-state index contributed by atoms with van der Waals surface area (Å²) in [5, 5.41) is 38.5. The largest absolute Gasteiger partial charge is 0.479 e. The number of rotatable bonds is 4. The molecule has 0 aliphatic heterocycles. The number of carbonyl (C=O) groups is 1. The molecule has 0 aliphatic rings. The highest BCUT2D eigenvalue weighted by molar-refractivity contribution is 5.73. The molecule has 3 N–H and O–H groups in total. The Morgan fingerprint density at radius 1 is 1.33 bits per heavy atom. The minimum Gasteiger partial charge on any atom is -0.479 e. The van der Waals surface area contributed by atoms with E-state index in [0.29, 0.717) is 11.1 Å². The van der Waals surface area contributed by atoms with E-state index in [0.717, 1.165) is 0 Å². The maximum Gasteiger partial charge on any atom is 0.335 e. The Bertz CT molecular complexity index is 499. The molecule has 0 spiro atoms. The van der Waals surface area contributed by atoms with E-state index in [4.69, 9.17) is 5.11 Å². The van der Waals surface area contributed by atoms with Crippen molar-refractivity contribution < 1.29 is 25.0 Å². The highest BCUT2D eigenvalue weighted by Gasteiger charge is 2.32. The first-order valence-electron chi connectivity index (χ1n) is 5.10. The molecule has 0 radical (unpaired) electrons. The van der Waals surface area contributed by atoms with E-state index in [1.165, 1.54) is 13.0 Å². The van der Waals surface area contributed by atoms with Crippen molar-refractivity contribution in [2.24, 2.45) is 0 Å². The molecule has 0 aliphatic carbocycles. The average Bonchev–Trinajstić information content (AvgIpc) is 2.25. The van der Waals surface area contributed by atoms with Crippen LogP contribution in [-0.4, -0.2) is 32.3 Å². The summed E-state index contributed by atoms with van der Waals surface area (Å²) in [5.74, 6) is -1.64. The van der Waals surface area contributed by atoms with E-state index >= 15 is 0 Å². The van der Waals surface area contributed by atoms with Crippen LogP contribution in [-0.2, 0) is 4.79 Å². The van der Waals surface area contributed by atoms with Gasteiger partial charge in [0.05, 0.1) is 10.5 Å². The third kappa shape index (κ3) is 2.63. The van der Waals surface area contributed by atoms with Gasteiger partial charge in [-0.05, 0) is 25.0 Å². The Morgan fingerprint density at radius 3 is 2.33 bits per heavy atom. The van der Waals surface area contributed by atoms with E-state index < -0.39 is 28.8 Å². The Kier molecular flexibility index (Phi) is 4.00. The van der Waals surface area contributed by atoms with Gasteiger partial charge in [0.2, 0.25) is 0 Å². The van der Waals surface area contributed by atoms with Gasteiger partial charge < -0.3 is 15.3 Å². The third-order valence-electron chi connectivity index (χ3n) is 2.55. The summed E-state index contributed by atoms with van der Waals surface area (Å²) in [6, 6.07) is 2.79. The van der Waals surface area contributed by atoms with Crippen LogP contribution >= 0.6 is 0 Å². The summed E-state index contributed by atoms with van der Waals surface area (Å²) < 4.78 is 0. The van der Waals surface area contributed by atoms with Gasteiger partial charge in [0.1, 0.15) is 6.10 Å². The number of aliphatic carboxylic acids is 1. The molecule has 0 heterocycles. The summed E-state index contributed by atoms with van der Waals surface area (Å²) >= 11 is 0. The molecule has 0 aromatic heterocycles. The molecule has 0 bridgehead atoms. The van der Waals surface area contributed by atoms with Gasteiger partial charge in [0.15, 0.2) is 6.10 Å². The van der Waals surface area contributed by atoms with Crippen molar-refractivity contribution in [3.05, 3.63) is 38.9 Å². The highest BCUT2D eigenvalue weighted by Crippen LogP contribution is 2.31. The second-order valence-electron chi connectivity index (χ2n) is 4.00.